The molecule has 0 N–H and O–H groups in total. The van der Waals surface area contributed by atoms with Gasteiger partial charge in [-0.05, 0) is 26.0 Å². The van der Waals surface area contributed by atoms with E-state index in [1.165, 1.54) is 0 Å². The van der Waals surface area contributed by atoms with Gasteiger partial charge in [-0.15, -0.1) is 0 Å². The Hall–Kier alpha value is -1.62. The van der Waals surface area contributed by atoms with Crippen LogP contribution < -0.4 is 0 Å². The molecule has 0 bridgehead atoms. The Morgan fingerprint density at radius 2 is 2.05 bits per heavy atom. The lowest BCUT2D eigenvalue weighted by Crippen LogP contribution is -2.14. The van der Waals surface area contributed by atoms with Crippen molar-refractivity contribution in [3.8, 4) is 0 Å². The van der Waals surface area contributed by atoms with Crippen molar-refractivity contribution in [2.24, 2.45) is 0 Å². The lowest BCUT2D eigenvalue weighted by atomic mass is 10.2. The maximum absolute atomic E-state index is 11.8. The number of ether oxygens (including phenoxy) is 1. The fourth-order valence-corrected chi connectivity index (χ4v) is 2.85. The van der Waals surface area contributed by atoms with Gasteiger partial charge < -0.3 is 9.15 Å². The predicted octanol–water partition coefficient (Wildman–Crippen LogP) is 2.66. The number of hydrogen-bond donors (Lipinski definition) is 0. The molecule has 0 amide bonds. The van der Waals surface area contributed by atoms with Gasteiger partial charge in [0.05, 0.1) is 21.8 Å². The van der Waals surface area contributed by atoms with Crippen LogP contribution in [0.15, 0.2) is 33.6 Å². The Bertz CT molecular complexity index is 627. The summed E-state index contributed by atoms with van der Waals surface area (Å²) in [6, 6.07) is 7.32. The number of rotatable bonds is 4. The van der Waals surface area contributed by atoms with Gasteiger partial charge in [0.15, 0.2) is 0 Å². The number of esters is 1. The molecule has 102 valence electrons. The van der Waals surface area contributed by atoms with Gasteiger partial charge >= 0.3 is 5.97 Å². The van der Waals surface area contributed by atoms with Crippen molar-refractivity contribution in [3.63, 3.8) is 0 Å². The van der Waals surface area contributed by atoms with Crippen LogP contribution >= 0.6 is 0 Å². The van der Waals surface area contributed by atoms with Gasteiger partial charge in [0.1, 0.15) is 17.8 Å². The molecule has 1 aromatic heterocycles. The summed E-state index contributed by atoms with van der Waals surface area (Å²) in [4.78, 5) is 12.3. The van der Waals surface area contributed by atoms with Gasteiger partial charge in [0.25, 0.3) is 0 Å². The first-order chi connectivity index (χ1) is 8.99. The molecule has 19 heavy (non-hydrogen) atoms. The van der Waals surface area contributed by atoms with Crippen molar-refractivity contribution in [1.82, 2.24) is 0 Å². The number of fused-ring (bicyclic) bond motifs is 1. The minimum absolute atomic E-state index is 0.00176. The molecule has 0 aliphatic heterocycles. The average molecular weight is 280 g/mol. The average Bonchev–Trinajstić information content (AvgIpc) is 2.64. The zero-order chi connectivity index (χ0) is 14.0. The number of carbonyl (C=O) groups is 1. The predicted molar refractivity (Wildman–Crippen MR) is 73.5 cm³/mol. The Balaban J connectivity index is 2.39. The lowest BCUT2D eigenvalue weighted by Gasteiger charge is -2.06. The Labute approximate surface area is 114 Å². The van der Waals surface area contributed by atoms with Crippen molar-refractivity contribution in [2.75, 3.05) is 6.26 Å². The van der Waals surface area contributed by atoms with E-state index in [0.717, 1.165) is 5.39 Å². The van der Waals surface area contributed by atoms with Gasteiger partial charge in [0, 0.05) is 11.6 Å². The monoisotopic (exact) mass is 280 g/mol. The lowest BCUT2D eigenvalue weighted by molar-refractivity contribution is -0.146. The van der Waals surface area contributed by atoms with E-state index in [2.05, 4.69) is 0 Å². The minimum Gasteiger partial charge on any atom is -0.463 e. The van der Waals surface area contributed by atoms with Gasteiger partial charge in [-0.1, -0.05) is 12.1 Å². The second-order valence-electron chi connectivity index (χ2n) is 4.52. The fourth-order valence-electron chi connectivity index (χ4n) is 1.94. The van der Waals surface area contributed by atoms with Gasteiger partial charge in [0.2, 0.25) is 0 Å². The first-order valence-corrected chi connectivity index (χ1v) is 7.58. The first kappa shape index (κ1) is 13.8. The van der Waals surface area contributed by atoms with Crippen molar-refractivity contribution in [2.45, 2.75) is 31.3 Å². The molecule has 4 nitrogen and oxygen atoms in total. The summed E-state index contributed by atoms with van der Waals surface area (Å²) in [5, 5.41) is 0.788. The molecule has 1 atom stereocenters. The number of hydrogen-bond acceptors (Lipinski definition) is 4. The van der Waals surface area contributed by atoms with E-state index in [1.54, 1.807) is 26.2 Å². The van der Waals surface area contributed by atoms with E-state index in [4.69, 9.17) is 9.15 Å². The highest BCUT2D eigenvalue weighted by molar-refractivity contribution is 7.84. The van der Waals surface area contributed by atoms with E-state index >= 15 is 0 Å². The largest absolute Gasteiger partial charge is 0.463 e. The molecule has 0 fully saturated rings. The van der Waals surface area contributed by atoms with Crippen molar-refractivity contribution in [3.05, 3.63) is 30.0 Å². The number of para-hydroxylation sites is 1. The van der Waals surface area contributed by atoms with E-state index in [0.29, 0.717) is 16.2 Å². The maximum Gasteiger partial charge on any atom is 0.313 e. The van der Waals surface area contributed by atoms with Crippen LogP contribution in [0.3, 0.4) is 0 Å². The molecule has 0 saturated heterocycles. The molecule has 0 radical (unpaired) electrons. The zero-order valence-electron chi connectivity index (χ0n) is 11.1. The standard InChI is InChI=1S/C14H16O4S/c1-9(2)17-13(15)8-12-14(19(3)16)10-6-4-5-7-11(10)18-12/h4-7,9H,8H2,1-3H3. The van der Waals surface area contributed by atoms with Crippen LogP contribution in [-0.2, 0) is 26.8 Å². The summed E-state index contributed by atoms with van der Waals surface area (Å²) < 4.78 is 22.5. The third-order valence-electron chi connectivity index (χ3n) is 2.58. The molecule has 0 spiro atoms. The highest BCUT2D eigenvalue weighted by atomic mass is 32.2. The van der Waals surface area contributed by atoms with E-state index < -0.39 is 10.8 Å². The van der Waals surface area contributed by atoms with Crippen molar-refractivity contribution >= 4 is 27.7 Å². The molecule has 2 rings (SSSR count). The number of carbonyl (C=O) groups excluding carboxylic acids is 1. The summed E-state index contributed by atoms with van der Waals surface area (Å²) in [5.41, 5.74) is 0.639. The van der Waals surface area contributed by atoms with Crippen molar-refractivity contribution < 1.29 is 18.2 Å². The van der Waals surface area contributed by atoms with Crippen LogP contribution in [0.5, 0.6) is 0 Å². The molecule has 0 aliphatic rings. The molecule has 0 saturated carbocycles. The third kappa shape index (κ3) is 3.04. The van der Waals surface area contributed by atoms with Crippen LogP contribution in [-0.4, -0.2) is 22.5 Å². The first-order valence-electron chi connectivity index (χ1n) is 6.02. The van der Waals surface area contributed by atoms with Crippen LogP contribution in [0, 0.1) is 0 Å². The summed E-state index contributed by atoms with van der Waals surface area (Å²) in [5.74, 6) is 0.0495. The van der Waals surface area contributed by atoms with Crippen LogP contribution in [0.1, 0.15) is 19.6 Å². The van der Waals surface area contributed by atoms with Gasteiger partial charge in [-0.2, -0.15) is 0 Å². The highest BCUT2D eigenvalue weighted by Crippen LogP contribution is 2.28. The molecule has 1 unspecified atom stereocenters. The van der Waals surface area contributed by atoms with E-state index in [-0.39, 0.29) is 18.5 Å². The highest BCUT2D eigenvalue weighted by Gasteiger charge is 2.20. The molecule has 1 heterocycles. The number of benzene rings is 1. The Kier molecular flexibility index (Phi) is 4.04. The second-order valence-corrected chi connectivity index (χ2v) is 5.84. The molecular formula is C14H16O4S. The van der Waals surface area contributed by atoms with Crippen molar-refractivity contribution in [1.29, 1.82) is 0 Å². The second kappa shape index (κ2) is 5.57. The molecule has 5 heteroatoms. The van der Waals surface area contributed by atoms with Gasteiger partial charge in [-0.3, -0.25) is 9.00 Å². The smallest absolute Gasteiger partial charge is 0.313 e. The summed E-state index contributed by atoms with van der Waals surface area (Å²) in [6.45, 7) is 3.57. The molecule has 1 aromatic carbocycles. The molecule has 2 aromatic rings. The fraction of sp³-hybridized carbons (Fsp3) is 0.357. The van der Waals surface area contributed by atoms with E-state index in [1.807, 2.05) is 18.2 Å². The minimum atomic E-state index is -1.21. The topological polar surface area (TPSA) is 56.5 Å². The molecule has 0 aliphatic carbocycles. The van der Waals surface area contributed by atoms with E-state index in [9.17, 15) is 9.00 Å². The molecular weight excluding hydrogens is 264 g/mol. The number of furan rings is 1. The normalized spacial score (nSPS) is 12.8. The summed E-state index contributed by atoms with van der Waals surface area (Å²) in [7, 11) is -1.21. The van der Waals surface area contributed by atoms with Gasteiger partial charge in [-0.25, -0.2) is 0 Å². The Morgan fingerprint density at radius 3 is 2.68 bits per heavy atom. The maximum atomic E-state index is 11.8. The summed E-state index contributed by atoms with van der Waals surface area (Å²) >= 11 is 0. The third-order valence-corrected chi connectivity index (χ3v) is 3.60. The SMILES string of the molecule is CC(C)OC(=O)Cc1oc2ccccc2c1S(C)=O. The quantitative estimate of drug-likeness (QED) is 0.808. The Morgan fingerprint density at radius 1 is 1.37 bits per heavy atom. The van der Waals surface area contributed by atoms with Crippen LogP contribution in [0.4, 0.5) is 0 Å². The van der Waals surface area contributed by atoms with Crippen LogP contribution in [0.2, 0.25) is 0 Å². The summed E-state index contributed by atoms with van der Waals surface area (Å²) in [6.07, 6.45) is 1.41. The zero-order valence-corrected chi connectivity index (χ0v) is 12.0. The van der Waals surface area contributed by atoms with Crippen LogP contribution in [0.25, 0.3) is 11.0 Å².